The van der Waals surface area contributed by atoms with Crippen molar-refractivity contribution >= 4 is 34.8 Å². The summed E-state index contributed by atoms with van der Waals surface area (Å²) in [5, 5.41) is 12.5. The molecular weight excluding hydrogens is 335 g/mol. The average molecular weight is 350 g/mol. The number of benzene rings is 1. The molecule has 21 heavy (non-hydrogen) atoms. The van der Waals surface area contributed by atoms with Gasteiger partial charge in [-0.2, -0.15) is 0 Å². The van der Waals surface area contributed by atoms with Crippen molar-refractivity contribution in [3.8, 4) is 5.75 Å². The van der Waals surface area contributed by atoms with Gasteiger partial charge in [-0.15, -0.1) is 5.10 Å². The number of rotatable bonds is 7. The van der Waals surface area contributed by atoms with Crippen LogP contribution in [0.1, 0.15) is 12.6 Å². The van der Waals surface area contributed by atoms with Gasteiger partial charge in [-0.3, -0.25) is 0 Å². The highest BCUT2D eigenvalue weighted by atomic mass is 35.5. The third-order valence-corrected chi connectivity index (χ3v) is 3.71. The molecule has 2 aromatic rings. The van der Waals surface area contributed by atoms with E-state index in [0.717, 1.165) is 12.2 Å². The lowest BCUT2D eigenvalue weighted by molar-refractivity contribution is 0.290. The summed E-state index contributed by atoms with van der Waals surface area (Å²) < 4.78 is 7.31. The van der Waals surface area contributed by atoms with Crippen LogP contribution in [0, 0.1) is 0 Å². The summed E-state index contributed by atoms with van der Waals surface area (Å²) in [6, 6.07) is 3.16. The summed E-state index contributed by atoms with van der Waals surface area (Å²) in [7, 11) is 0. The van der Waals surface area contributed by atoms with Gasteiger partial charge in [-0.1, -0.05) is 46.9 Å². The van der Waals surface area contributed by atoms with Gasteiger partial charge in [-0.05, 0) is 12.6 Å². The zero-order chi connectivity index (χ0) is 15.2. The van der Waals surface area contributed by atoms with Crippen molar-refractivity contribution in [3.05, 3.63) is 39.1 Å². The molecule has 1 N–H and O–H groups in total. The van der Waals surface area contributed by atoms with Crippen LogP contribution in [-0.4, -0.2) is 28.1 Å². The summed E-state index contributed by atoms with van der Waals surface area (Å²) in [6.45, 7) is 4.61. The van der Waals surface area contributed by atoms with E-state index in [0.29, 0.717) is 40.5 Å². The third-order valence-electron chi connectivity index (χ3n) is 2.69. The van der Waals surface area contributed by atoms with Crippen LogP contribution < -0.4 is 10.1 Å². The molecule has 2 rings (SSSR count). The number of hydrogen-bond acceptors (Lipinski definition) is 4. The Kier molecular flexibility index (Phi) is 6.11. The number of hydrogen-bond donors (Lipinski definition) is 1. The van der Waals surface area contributed by atoms with Gasteiger partial charge in [-0.25, -0.2) is 4.68 Å². The SMILES string of the molecule is CCNCc1cn(CCOc2cc(Cl)c(Cl)cc2Cl)nn1. The summed E-state index contributed by atoms with van der Waals surface area (Å²) in [5.74, 6) is 0.499. The Morgan fingerprint density at radius 1 is 1.19 bits per heavy atom. The Morgan fingerprint density at radius 2 is 1.95 bits per heavy atom. The molecule has 0 aliphatic heterocycles. The van der Waals surface area contributed by atoms with Crippen LogP contribution in [0.5, 0.6) is 5.75 Å². The molecule has 0 bridgehead atoms. The van der Waals surface area contributed by atoms with Gasteiger partial charge in [0.2, 0.25) is 0 Å². The molecule has 0 fully saturated rings. The molecule has 0 spiro atoms. The van der Waals surface area contributed by atoms with Crippen LogP contribution in [0.15, 0.2) is 18.3 Å². The lowest BCUT2D eigenvalue weighted by atomic mass is 10.3. The molecule has 114 valence electrons. The minimum absolute atomic E-state index is 0.401. The van der Waals surface area contributed by atoms with E-state index in [9.17, 15) is 0 Å². The second-order valence-corrected chi connectivity index (χ2v) is 5.52. The van der Waals surface area contributed by atoms with Gasteiger partial charge in [0.1, 0.15) is 12.4 Å². The lowest BCUT2D eigenvalue weighted by Gasteiger charge is -2.09. The van der Waals surface area contributed by atoms with Crippen LogP contribution in [0.3, 0.4) is 0 Å². The third kappa shape index (κ3) is 4.74. The van der Waals surface area contributed by atoms with Crippen LogP contribution in [0.4, 0.5) is 0 Å². The number of aromatic nitrogens is 3. The monoisotopic (exact) mass is 348 g/mol. The molecule has 5 nitrogen and oxygen atoms in total. The second kappa shape index (κ2) is 7.84. The molecule has 0 aliphatic carbocycles. The van der Waals surface area contributed by atoms with E-state index in [2.05, 4.69) is 15.6 Å². The summed E-state index contributed by atoms with van der Waals surface area (Å²) in [4.78, 5) is 0. The van der Waals surface area contributed by atoms with Crippen molar-refractivity contribution in [2.24, 2.45) is 0 Å². The number of ether oxygens (including phenoxy) is 1. The smallest absolute Gasteiger partial charge is 0.139 e. The number of halogens is 3. The van der Waals surface area contributed by atoms with Crippen LogP contribution in [0.25, 0.3) is 0 Å². The van der Waals surface area contributed by atoms with E-state index in [1.807, 2.05) is 13.1 Å². The summed E-state index contributed by atoms with van der Waals surface area (Å²) in [5.41, 5.74) is 0.893. The molecule has 0 saturated carbocycles. The first-order chi connectivity index (χ1) is 10.1. The Morgan fingerprint density at radius 3 is 2.71 bits per heavy atom. The zero-order valence-corrected chi connectivity index (χ0v) is 13.7. The predicted octanol–water partition coefficient (Wildman–Crippen LogP) is 3.43. The Balaban J connectivity index is 1.87. The highest BCUT2D eigenvalue weighted by Crippen LogP contribution is 2.33. The molecule has 0 amide bonds. The van der Waals surface area contributed by atoms with Crippen molar-refractivity contribution in [2.75, 3.05) is 13.2 Å². The fourth-order valence-electron chi connectivity index (χ4n) is 1.65. The van der Waals surface area contributed by atoms with Crippen molar-refractivity contribution in [3.63, 3.8) is 0 Å². The van der Waals surface area contributed by atoms with Crippen LogP contribution >= 0.6 is 34.8 Å². The normalized spacial score (nSPS) is 10.9. The molecule has 0 saturated heterocycles. The highest BCUT2D eigenvalue weighted by Gasteiger charge is 2.07. The molecule has 0 unspecified atom stereocenters. The molecular formula is C13H15Cl3N4O. The minimum Gasteiger partial charge on any atom is -0.490 e. The molecule has 0 atom stereocenters. The summed E-state index contributed by atoms with van der Waals surface area (Å²) >= 11 is 17.8. The first-order valence-electron chi connectivity index (χ1n) is 6.47. The van der Waals surface area contributed by atoms with E-state index in [1.165, 1.54) is 0 Å². The van der Waals surface area contributed by atoms with Crippen molar-refractivity contribution in [1.82, 2.24) is 20.3 Å². The lowest BCUT2D eigenvalue weighted by Crippen LogP contribution is -2.12. The molecule has 1 aromatic heterocycles. The zero-order valence-electron chi connectivity index (χ0n) is 11.4. The van der Waals surface area contributed by atoms with E-state index >= 15 is 0 Å². The van der Waals surface area contributed by atoms with E-state index in [1.54, 1.807) is 16.8 Å². The standard InChI is InChI=1S/C13H15Cl3N4O/c1-2-17-7-9-8-20(19-18-9)3-4-21-13-6-11(15)10(14)5-12(13)16/h5-6,8,17H,2-4,7H2,1H3. The minimum atomic E-state index is 0.401. The predicted molar refractivity (Wildman–Crippen MR) is 84.4 cm³/mol. The van der Waals surface area contributed by atoms with Crippen LogP contribution in [0.2, 0.25) is 15.1 Å². The Bertz CT molecular complexity index is 603. The molecule has 0 aliphatic rings. The largest absolute Gasteiger partial charge is 0.490 e. The molecule has 8 heteroatoms. The van der Waals surface area contributed by atoms with Gasteiger partial charge < -0.3 is 10.1 Å². The fraction of sp³-hybridized carbons (Fsp3) is 0.385. The molecule has 1 aromatic carbocycles. The maximum absolute atomic E-state index is 6.03. The van der Waals surface area contributed by atoms with Gasteiger partial charge in [0.05, 0.1) is 27.3 Å². The maximum atomic E-state index is 6.03. The number of nitrogens with one attached hydrogen (secondary N) is 1. The van der Waals surface area contributed by atoms with Crippen molar-refractivity contribution in [1.29, 1.82) is 0 Å². The maximum Gasteiger partial charge on any atom is 0.139 e. The molecule has 1 heterocycles. The number of nitrogens with zero attached hydrogens (tertiary/aromatic N) is 3. The second-order valence-electron chi connectivity index (χ2n) is 4.30. The van der Waals surface area contributed by atoms with Crippen molar-refractivity contribution in [2.45, 2.75) is 20.0 Å². The van der Waals surface area contributed by atoms with E-state index < -0.39 is 0 Å². The van der Waals surface area contributed by atoms with Gasteiger partial charge in [0, 0.05) is 18.8 Å². The first-order valence-corrected chi connectivity index (χ1v) is 7.60. The topological polar surface area (TPSA) is 52.0 Å². The fourth-order valence-corrected chi connectivity index (χ4v) is 2.24. The average Bonchev–Trinajstić information content (AvgIpc) is 2.90. The first kappa shape index (κ1) is 16.4. The van der Waals surface area contributed by atoms with Gasteiger partial charge in [0.25, 0.3) is 0 Å². The van der Waals surface area contributed by atoms with E-state index in [4.69, 9.17) is 39.5 Å². The highest BCUT2D eigenvalue weighted by molar-refractivity contribution is 6.43. The van der Waals surface area contributed by atoms with Crippen LogP contribution in [-0.2, 0) is 13.1 Å². The van der Waals surface area contributed by atoms with Crippen molar-refractivity contribution < 1.29 is 4.74 Å². The van der Waals surface area contributed by atoms with E-state index in [-0.39, 0.29) is 0 Å². The van der Waals surface area contributed by atoms with Gasteiger partial charge >= 0.3 is 0 Å². The quantitative estimate of drug-likeness (QED) is 0.778. The Hall–Kier alpha value is -1.01. The Labute approximate surface area is 138 Å². The summed E-state index contributed by atoms with van der Waals surface area (Å²) in [6.07, 6.45) is 1.88. The molecule has 0 radical (unpaired) electrons. The van der Waals surface area contributed by atoms with Gasteiger partial charge in [0.15, 0.2) is 0 Å².